The average Bonchev–Trinajstić information content (AvgIpc) is 3.31. The summed E-state index contributed by atoms with van der Waals surface area (Å²) >= 11 is 0. The van der Waals surface area contributed by atoms with Gasteiger partial charge in [0.1, 0.15) is 6.04 Å². The van der Waals surface area contributed by atoms with Crippen molar-refractivity contribution in [2.45, 2.75) is 62.9 Å². The van der Waals surface area contributed by atoms with Crippen LogP contribution in [0.1, 0.15) is 58.4 Å². The van der Waals surface area contributed by atoms with Gasteiger partial charge >= 0.3 is 0 Å². The summed E-state index contributed by atoms with van der Waals surface area (Å²) in [5, 5.41) is 9.15. The molecule has 1 unspecified atom stereocenters. The van der Waals surface area contributed by atoms with Crippen LogP contribution in [-0.4, -0.2) is 65.9 Å². The van der Waals surface area contributed by atoms with Crippen LogP contribution >= 0.6 is 0 Å². The zero-order valence-corrected chi connectivity index (χ0v) is 17.2. The first kappa shape index (κ1) is 20.3. The molecule has 1 saturated carbocycles. The highest BCUT2D eigenvalue weighted by Gasteiger charge is 2.44. The molecule has 31 heavy (non-hydrogen) atoms. The minimum Gasteiger partial charge on any atom is -0.371 e. The third kappa shape index (κ3) is 3.77. The summed E-state index contributed by atoms with van der Waals surface area (Å²) in [6.45, 7) is 2.07. The van der Waals surface area contributed by atoms with Crippen molar-refractivity contribution in [3.05, 3.63) is 34.9 Å². The molecular formula is C22H26N4O5. The molecule has 1 aromatic carbocycles. The fraction of sp³-hybridized carbons (Fsp3) is 0.545. The van der Waals surface area contributed by atoms with Gasteiger partial charge in [0.05, 0.1) is 23.3 Å². The summed E-state index contributed by atoms with van der Waals surface area (Å²) in [4.78, 5) is 50.2. The molecule has 3 heterocycles. The Hall–Kier alpha value is -2.62. The molecule has 1 aliphatic carbocycles. The quantitative estimate of drug-likeness (QED) is 0.571. The van der Waals surface area contributed by atoms with E-state index in [0.717, 1.165) is 23.4 Å². The summed E-state index contributed by atoms with van der Waals surface area (Å²) in [6, 6.07) is 4.71. The third-order valence-electron chi connectivity index (χ3n) is 6.63. The van der Waals surface area contributed by atoms with Gasteiger partial charge in [-0.2, -0.15) is 0 Å². The monoisotopic (exact) mass is 426 g/mol. The number of hydrogen-bond acceptors (Lipinski definition) is 7. The number of benzene rings is 1. The van der Waals surface area contributed by atoms with Gasteiger partial charge in [0.2, 0.25) is 11.8 Å². The van der Waals surface area contributed by atoms with Gasteiger partial charge in [0.25, 0.3) is 11.8 Å². The van der Waals surface area contributed by atoms with E-state index in [0.29, 0.717) is 36.4 Å². The van der Waals surface area contributed by atoms with Crippen molar-refractivity contribution < 1.29 is 23.9 Å². The van der Waals surface area contributed by atoms with Crippen LogP contribution in [0.5, 0.6) is 0 Å². The van der Waals surface area contributed by atoms with Gasteiger partial charge in [0.15, 0.2) is 0 Å². The van der Waals surface area contributed by atoms with Crippen LogP contribution < -0.4 is 16.0 Å². The highest BCUT2D eigenvalue weighted by Crippen LogP contribution is 2.29. The zero-order valence-electron chi connectivity index (χ0n) is 17.2. The molecule has 4 atom stereocenters. The number of carbonyl (C=O) groups is 4. The summed E-state index contributed by atoms with van der Waals surface area (Å²) in [7, 11) is 0. The Balaban J connectivity index is 1.21. The molecule has 3 fully saturated rings. The fourth-order valence-electron chi connectivity index (χ4n) is 5.03. The number of imide groups is 2. The molecule has 2 saturated heterocycles. The number of hydrogen-bond donors (Lipinski definition) is 3. The highest BCUT2D eigenvalue weighted by atomic mass is 16.5. The Morgan fingerprint density at radius 1 is 1.06 bits per heavy atom. The van der Waals surface area contributed by atoms with Crippen molar-refractivity contribution >= 4 is 23.6 Å². The van der Waals surface area contributed by atoms with Crippen molar-refractivity contribution in [3.63, 3.8) is 0 Å². The molecule has 0 aromatic heterocycles. The molecule has 1 aromatic rings. The van der Waals surface area contributed by atoms with E-state index in [1.54, 1.807) is 12.1 Å². The number of piperidine rings is 1. The Kier molecular flexibility index (Phi) is 5.33. The predicted octanol–water partition coefficient (Wildman–Crippen LogP) is 0.0869. The van der Waals surface area contributed by atoms with E-state index in [9.17, 15) is 19.2 Å². The summed E-state index contributed by atoms with van der Waals surface area (Å²) in [5.74, 6) is -1.95. The zero-order chi connectivity index (χ0) is 21.5. The smallest absolute Gasteiger partial charge is 0.262 e. The minimum absolute atomic E-state index is 0.110. The highest BCUT2D eigenvalue weighted by molar-refractivity contribution is 6.23. The van der Waals surface area contributed by atoms with Crippen molar-refractivity contribution in [2.24, 2.45) is 0 Å². The second-order valence-electron chi connectivity index (χ2n) is 8.70. The first-order valence-corrected chi connectivity index (χ1v) is 11.0. The van der Waals surface area contributed by atoms with Gasteiger partial charge in [-0.15, -0.1) is 0 Å². The van der Waals surface area contributed by atoms with Crippen molar-refractivity contribution in [1.82, 2.24) is 20.9 Å². The van der Waals surface area contributed by atoms with Crippen LogP contribution in [0.15, 0.2) is 18.2 Å². The van der Waals surface area contributed by atoms with Crippen LogP contribution in [0.2, 0.25) is 0 Å². The molecule has 0 spiro atoms. The number of nitrogens with zero attached hydrogens (tertiary/aromatic N) is 1. The standard InChI is InChI=1S/C22H26N4O5/c27-19-7-6-17(20(28)25-19)26-21(29)14-5-4-12(8-15(14)22(26)30)9-23-10-13-11-24-16-2-1-3-18(16)31-13/h4-5,8,13,16-18,23-24H,1-3,6-7,9-11H2,(H,25,27,28)/t13-,16+,17?,18+/m1/s1. The molecule has 4 amide bonds. The Bertz CT molecular complexity index is 948. The number of carbonyl (C=O) groups excluding carboxylic acids is 4. The SMILES string of the molecule is O=C1CCC(N2C(=O)c3ccc(CNC[C@@H]4CN[C@H]5CCC[C@@H]5O4)cc3C2=O)C(=O)N1. The Morgan fingerprint density at radius 2 is 1.90 bits per heavy atom. The maximum absolute atomic E-state index is 12.9. The lowest BCUT2D eigenvalue weighted by atomic mass is 10.0. The van der Waals surface area contributed by atoms with E-state index in [1.165, 1.54) is 12.8 Å². The van der Waals surface area contributed by atoms with Gasteiger partial charge in [-0.25, -0.2) is 0 Å². The van der Waals surface area contributed by atoms with E-state index in [1.807, 2.05) is 6.07 Å². The maximum atomic E-state index is 12.9. The fourth-order valence-corrected chi connectivity index (χ4v) is 5.03. The molecule has 9 heteroatoms. The first-order chi connectivity index (χ1) is 15.0. The molecule has 3 N–H and O–H groups in total. The van der Waals surface area contributed by atoms with Crippen LogP contribution in [0.25, 0.3) is 0 Å². The van der Waals surface area contributed by atoms with Gasteiger partial charge in [0, 0.05) is 32.1 Å². The average molecular weight is 426 g/mol. The lowest BCUT2D eigenvalue weighted by molar-refractivity contribution is -0.136. The van der Waals surface area contributed by atoms with Crippen molar-refractivity contribution in [1.29, 1.82) is 0 Å². The topological polar surface area (TPSA) is 117 Å². The summed E-state index contributed by atoms with van der Waals surface area (Å²) in [5.41, 5.74) is 1.48. The second-order valence-corrected chi connectivity index (χ2v) is 8.70. The van der Waals surface area contributed by atoms with Crippen LogP contribution in [0, 0.1) is 0 Å². The summed E-state index contributed by atoms with van der Waals surface area (Å²) < 4.78 is 6.16. The molecule has 164 valence electrons. The molecule has 5 rings (SSSR count). The molecular weight excluding hydrogens is 400 g/mol. The second kappa shape index (κ2) is 8.14. The molecule has 0 radical (unpaired) electrons. The Labute approximate surface area is 179 Å². The van der Waals surface area contributed by atoms with Gasteiger partial charge in [-0.05, 0) is 43.4 Å². The molecule has 3 aliphatic heterocycles. The largest absolute Gasteiger partial charge is 0.371 e. The van der Waals surface area contributed by atoms with E-state index < -0.39 is 23.8 Å². The molecule has 9 nitrogen and oxygen atoms in total. The number of fused-ring (bicyclic) bond motifs is 2. The predicted molar refractivity (Wildman–Crippen MR) is 109 cm³/mol. The number of ether oxygens (including phenoxy) is 1. The number of amides is 4. The lowest BCUT2D eigenvalue weighted by Gasteiger charge is -2.33. The maximum Gasteiger partial charge on any atom is 0.262 e. The molecule has 0 bridgehead atoms. The summed E-state index contributed by atoms with van der Waals surface area (Å²) in [6.07, 6.45) is 4.18. The van der Waals surface area contributed by atoms with Crippen LogP contribution in [0.3, 0.4) is 0 Å². The van der Waals surface area contributed by atoms with Gasteiger partial charge in [-0.1, -0.05) is 6.07 Å². The lowest BCUT2D eigenvalue weighted by Crippen LogP contribution is -2.54. The van der Waals surface area contributed by atoms with Crippen molar-refractivity contribution in [3.8, 4) is 0 Å². The van der Waals surface area contributed by atoms with Crippen LogP contribution in [-0.2, 0) is 20.9 Å². The van der Waals surface area contributed by atoms with E-state index >= 15 is 0 Å². The van der Waals surface area contributed by atoms with E-state index in [4.69, 9.17) is 4.74 Å². The normalized spacial score (nSPS) is 30.4. The molecule has 4 aliphatic rings. The number of nitrogens with one attached hydrogen (secondary N) is 3. The van der Waals surface area contributed by atoms with Crippen molar-refractivity contribution in [2.75, 3.05) is 13.1 Å². The van der Waals surface area contributed by atoms with E-state index in [-0.39, 0.29) is 24.9 Å². The number of rotatable bonds is 5. The minimum atomic E-state index is -0.943. The Morgan fingerprint density at radius 3 is 2.74 bits per heavy atom. The third-order valence-corrected chi connectivity index (χ3v) is 6.63. The van der Waals surface area contributed by atoms with Gasteiger partial charge in [-0.3, -0.25) is 29.4 Å². The van der Waals surface area contributed by atoms with Gasteiger partial charge < -0.3 is 15.4 Å². The first-order valence-electron chi connectivity index (χ1n) is 11.0. The van der Waals surface area contributed by atoms with Crippen LogP contribution in [0.4, 0.5) is 0 Å². The number of morpholine rings is 1. The van der Waals surface area contributed by atoms with E-state index in [2.05, 4.69) is 16.0 Å².